The number of amides is 1. The molecule has 3 rings (SSSR count). The van der Waals surface area contributed by atoms with E-state index in [0.29, 0.717) is 0 Å². The van der Waals surface area contributed by atoms with Crippen LogP contribution in [0.25, 0.3) is 5.69 Å². The highest BCUT2D eigenvalue weighted by Crippen LogP contribution is 2.24. The number of nitrogens with two attached hydrogens (primary N) is 1. The number of hydrogen-bond acceptors (Lipinski definition) is 4. The number of para-hydroxylation sites is 1. The maximum absolute atomic E-state index is 12.4. The van der Waals surface area contributed by atoms with Crippen LogP contribution in [-0.4, -0.2) is 26.9 Å². The minimum Gasteiger partial charge on any atom is -0.348 e. The van der Waals surface area contributed by atoms with Gasteiger partial charge in [-0.2, -0.15) is 0 Å². The predicted octanol–water partition coefficient (Wildman–Crippen LogP) is 1.96. The van der Waals surface area contributed by atoms with Crippen molar-refractivity contribution in [1.82, 2.24) is 20.3 Å². The fraction of sp³-hybridized carbons (Fsp3) is 0.471. The summed E-state index contributed by atoms with van der Waals surface area (Å²) in [4.78, 5) is 12.4. The zero-order valence-electron chi connectivity index (χ0n) is 13.4. The highest BCUT2D eigenvalue weighted by molar-refractivity contribution is 5.79. The summed E-state index contributed by atoms with van der Waals surface area (Å²) in [6, 6.07) is 9.77. The summed E-state index contributed by atoms with van der Waals surface area (Å²) < 4.78 is 1.72. The van der Waals surface area contributed by atoms with E-state index in [1.807, 2.05) is 43.5 Å². The van der Waals surface area contributed by atoms with Gasteiger partial charge in [-0.25, -0.2) is 4.68 Å². The first-order valence-corrected chi connectivity index (χ1v) is 8.17. The zero-order valence-corrected chi connectivity index (χ0v) is 13.4. The van der Waals surface area contributed by atoms with Crippen molar-refractivity contribution >= 4 is 5.91 Å². The SMILES string of the molecule is CC(NC(=O)C1CCCC(N)C1)c1cn(-c2ccccc2)nn1. The summed E-state index contributed by atoms with van der Waals surface area (Å²) in [5.41, 5.74) is 7.67. The molecule has 1 aromatic heterocycles. The molecule has 1 amide bonds. The summed E-state index contributed by atoms with van der Waals surface area (Å²) in [5.74, 6) is 0.0901. The van der Waals surface area contributed by atoms with Crippen molar-refractivity contribution in [3.63, 3.8) is 0 Å². The number of nitrogens with zero attached hydrogens (tertiary/aromatic N) is 3. The molecule has 0 spiro atoms. The number of hydrogen-bond donors (Lipinski definition) is 2. The van der Waals surface area contributed by atoms with E-state index in [0.717, 1.165) is 37.1 Å². The van der Waals surface area contributed by atoms with Gasteiger partial charge in [0.25, 0.3) is 0 Å². The molecular formula is C17H23N5O. The van der Waals surface area contributed by atoms with E-state index in [1.165, 1.54) is 0 Å². The van der Waals surface area contributed by atoms with E-state index >= 15 is 0 Å². The molecule has 1 saturated carbocycles. The molecule has 1 fully saturated rings. The average Bonchev–Trinajstić information content (AvgIpc) is 3.06. The molecule has 6 nitrogen and oxygen atoms in total. The lowest BCUT2D eigenvalue weighted by molar-refractivity contribution is -0.126. The largest absolute Gasteiger partial charge is 0.348 e. The lowest BCUT2D eigenvalue weighted by Crippen LogP contribution is -2.38. The van der Waals surface area contributed by atoms with E-state index in [2.05, 4.69) is 15.6 Å². The van der Waals surface area contributed by atoms with E-state index < -0.39 is 0 Å². The van der Waals surface area contributed by atoms with Gasteiger partial charge in [-0.15, -0.1) is 5.10 Å². The van der Waals surface area contributed by atoms with Gasteiger partial charge in [0.1, 0.15) is 5.69 Å². The van der Waals surface area contributed by atoms with Crippen LogP contribution >= 0.6 is 0 Å². The molecule has 3 N–H and O–H groups in total. The summed E-state index contributed by atoms with van der Waals surface area (Å²) in [5, 5.41) is 11.4. The minimum atomic E-state index is -0.168. The number of carbonyl (C=O) groups is 1. The van der Waals surface area contributed by atoms with Crippen LogP contribution in [-0.2, 0) is 4.79 Å². The van der Waals surface area contributed by atoms with Crippen LogP contribution in [0.2, 0.25) is 0 Å². The highest BCUT2D eigenvalue weighted by Gasteiger charge is 2.26. The Labute approximate surface area is 136 Å². The quantitative estimate of drug-likeness (QED) is 0.903. The second-order valence-corrected chi connectivity index (χ2v) is 6.28. The van der Waals surface area contributed by atoms with E-state index in [4.69, 9.17) is 5.73 Å². The monoisotopic (exact) mass is 313 g/mol. The number of aromatic nitrogens is 3. The highest BCUT2D eigenvalue weighted by atomic mass is 16.1. The van der Waals surface area contributed by atoms with Gasteiger partial charge >= 0.3 is 0 Å². The average molecular weight is 313 g/mol. The van der Waals surface area contributed by atoms with Gasteiger partial charge in [-0.05, 0) is 38.3 Å². The first-order valence-electron chi connectivity index (χ1n) is 8.17. The summed E-state index contributed by atoms with van der Waals surface area (Å²) in [6.45, 7) is 1.93. The third-order valence-electron chi connectivity index (χ3n) is 4.42. The standard InChI is InChI=1S/C17H23N5O/c1-12(19-17(23)13-6-5-7-14(18)10-13)16-11-22(21-20-16)15-8-3-2-4-9-15/h2-4,8-9,11-14H,5-7,10,18H2,1H3,(H,19,23). The lowest BCUT2D eigenvalue weighted by Gasteiger charge is -2.26. The Morgan fingerprint density at radius 1 is 1.35 bits per heavy atom. The van der Waals surface area contributed by atoms with Crippen LogP contribution in [0.1, 0.15) is 44.3 Å². The molecule has 0 radical (unpaired) electrons. The molecule has 3 unspecified atom stereocenters. The molecule has 2 aromatic rings. The molecular weight excluding hydrogens is 290 g/mol. The van der Waals surface area contributed by atoms with Crippen LogP contribution in [0.5, 0.6) is 0 Å². The smallest absolute Gasteiger partial charge is 0.223 e. The predicted molar refractivity (Wildman–Crippen MR) is 87.9 cm³/mol. The third-order valence-corrected chi connectivity index (χ3v) is 4.42. The van der Waals surface area contributed by atoms with Crippen LogP contribution in [0.4, 0.5) is 0 Å². The van der Waals surface area contributed by atoms with Gasteiger partial charge in [-0.1, -0.05) is 29.8 Å². The minimum absolute atomic E-state index is 0.0189. The maximum Gasteiger partial charge on any atom is 0.223 e. The van der Waals surface area contributed by atoms with Gasteiger partial charge in [0.15, 0.2) is 0 Å². The first kappa shape index (κ1) is 15.7. The van der Waals surface area contributed by atoms with Crippen molar-refractivity contribution in [3.8, 4) is 5.69 Å². The molecule has 3 atom stereocenters. The van der Waals surface area contributed by atoms with Gasteiger partial charge < -0.3 is 11.1 Å². The van der Waals surface area contributed by atoms with Crippen molar-refractivity contribution in [1.29, 1.82) is 0 Å². The summed E-state index contributed by atoms with van der Waals surface area (Å²) in [7, 11) is 0. The molecule has 1 aliphatic rings. The van der Waals surface area contributed by atoms with Crippen molar-refractivity contribution < 1.29 is 4.79 Å². The molecule has 0 aliphatic heterocycles. The van der Waals surface area contributed by atoms with Crippen molar-refractivity contribution in [2.75, 3.05) is 0 Å². The Bertz CT molecular complexity index is 654. The molecule has 122 valence electrons. The van der Waals surface area contributed by atoms with Crippen LogP contribution in [0.15, 0.2) is 36.5 Å². The number of nitrogens with one attached hydrogen (secondary N) is 1. The van der Waals surface area contributed by atoms with Crippen LogP contribution in [0, 0.1) is 5.92 Å². The Balaban J connectivity index is 1.63. The molecule has 1 aliphatic carbocycles. The number of carbonyl (C=O) groups excluding carboxylic acids is 1. The van der Waals surface area contributed by atoms with Gasteiger partial charge in [0.05, 0.1) is 17.9 Å². The first-order chi connectivity index (χ1) is 11.1. The van der Waals surface area contributed by atoms with Gasteiger partial charge in [0.2, 0.25) is 5.91 Å². The van der Waals surface area contributed by atoms with Crippen LogP contribution < -0.4 is 11.1 Å². The molecule has 23 heavy (non-hydrogen) atoms. The Morgan fingerprint density at radius 3 is 2.87 bits per heavy atom. The molecule has 0 bridgehead atoms. The second-order valence-electron chi connectivity index (χ2n) is 6.28. The third kappa shape index (κ3) is 3.76. The topological polar surface area (TPSA) is 85.8 Å². The molecule has 0 saturated heterocycles. The molecule has 6 heteroatoms. The fourth-order valence-electron chi connectivity index (χ4n) is 3.05. The summed E-state index contributed by atoms with van der Waals surface area (Å²) >= 11 is 0. The van der Waals surface area contributed by atoms with E-state index in [-0.39, 0.29) is 23.9 Å². The van der Waals surface area contributed by atoms with Gasteiger partial charge in [0, 0.05) is 12.0 Å². The van der Waals surface area contributed by atoms with Crippen molar-refractivity contribution in [2.45, 2.75) is 44.7 Å². The molecule has 1 heterocycles. The van der Waals surface area contributed by atoms with Crippen LogP contribution in [0.3, 0.4) is 0 Å². The Kier molecular flexibility index (Phi) is 4.71. The van der Waals surface area contributed by atoms with E-state index in [9.17, 15) is 4.79 Å². The normalized spacial score (nSPS) is 22.5. The number of rotatable bonds is 4. The Hall–Kier alpha value is -2.21. The zero-order chi connectivity index (χ0) is 16.2. The second kappa shape index (κ2) is 6.91. The van der Waals surface area contributed by atoms with Crippen molar-refractivity contribution in [2.24, 2.45) is 11.7 Å². The lowest BCUT2D eigenvalue weighted by atomic mass is 9.85. The fourth-order valence-corrected chi connectivity index (χ4v) is 3.05. The maximum atomic E-state index is 12.4. The summed E-state index contributed by atoms with van der Waals surface area (Å²) in [6.07, 6.45) is 5.59. The van der Waals surface area contributed by atoms with E-state index in [1.54, 1.807) is 4.68 Å². The van der Waals surface area contributed by atoms with Crippen molar-refractivity contribution in [3.05, 3.63) is 42.2 Å². The van der Waals surface area contributed by atoms with Gasteiger partial charge in [-0.3, -0.25) is 4.79 Å². The number of benzene rings is 1. The molecule has 1 aromatic carbocycles. The Morgan fingerprint density at radius 2 is 2.13 bits per heavy atom.